The molecule has 2 unspecified atom stereocenters. The van der Waals surface area contributed by atoms with E-state index >= 15 is 0 Å². The monoisotopic (exact) mass is 431 g/mol. The number of hydrogen-bond donors (Lipinski definition) is 0. The lowest BCUT2D eigenvalue weighted by Crippen LogP contribution is -2.48. The number of methoxy groups -OCH3 is 2. The van der Waals surface area contributed by atoms with Crippen LogP contribution >= 0.6 is 23.2 Å². The molecule has 1 saturated heterocycles. The van der Waals surface area contributed by atoms with E-state index in [0.717, 1.165) is 5.56 Å². The Balaban J connectivity index is 2.31. The lowest BCUT2D eigenvalue weighted by Gasteiger charge is -2.40. The van der Waals surface area contributed by atoms with Gasteiger partial charge in [0.2, 0.25) is 0 Å². The van der Waals surface area contributed by atoms with Crippen LogP contribution in [0.25, 0.3) is 0 Å². The first kappa shape index (κ1) is 22.6. The van der Waals surface area contributed by atoms with Crippen LogP contribution in [0.1, 0.15) is 51.5 Å². The number of ether oxygens (including phenoxy) is 3. The second-order valence-corrected chi connectivity index (χ2v) is 8.59. The third kappa shape index (κ3) is 5.45. The van der Waals surface area contributed by atoms with E-state index in [-0.39, 0.29) is 24.3 Å². The van der Waals surface area contributed by atoms with E-state index in [9.17, 15) is 9.59 Å². The first-order valence-electron chi connectivity index (χ1n) is 9.15. The van der Waals surface area contributed by atoms with Crippen LogP contribution in [0.2, 0.25) is 10.0 Å². The number of halogens is 2. The highest BCUT2D eigenvalue weighted by atomic mass is 35.5. The van der Waals surface area contributed by atoms with Crippen molar-refractivity contribution < 1.29 is 23.8 Å². The van der Waals surface area contributed by atoms with E-state index in [4.69, 9.17) is 37.4 Å². The summed E-state index contributed by atoms with van der Waals surface area (Å²) < 4.78 is 15.8. The molecule has 1 aliphatic heterocycles. The number of likely N-dealkylation sites (tertiary alicyclic amines) is 1. The van der Waals surface area contributed by atoms with Gasteiger partial charge in [0, 0.05) is 18.2 Å². The van der Waals surface area contributed by atoms with Crippen LogP contribution in [0.5, 0.6) is 5.75 Å². The fourth-order valence-electron chi connectivity index (χ4n) is 3.45. The Kier molecular flexibility index (Phi) is 7.46. The van der Waals surface area contributed by atoms with E-state index in [1.165, 1.54) is 7.11 Å². The summed E-state index contributed by atoms with van der Waals surface area (Å²) in [7, 11) is 2.90. The number of piperidine rings is 1. The van der Waals surface area contributed by atoms with Crippen molar-refractivity contribution in [2.75, 3.05) is 20.8 Å². The number of nitrogens with zero attached hydrogens (tertiary/aromatic N) is 1. The highest BCUT2D eigenvalue weighted by molar-refractivity contribution is 6.42. The van der Waals surface area contributed by atoms with E-state index < -0.39 is 11.7 Å². The quantitative estimate of drug-likeness (QED) is 0.624. The van der Waals surface area contributed by atoms with Crippen LogP contribution in [-0.2, 0) is 14.3 Å². The van der Waals surface area contributed by atoms with Crippen molar-refractivity contribution in [1.82, 2.24) is 4.90 Å². The van der Waals surface area contributed by atoms with Crippen molar-refractivity contribution in [3.8, 4) is 5.75 Å². The first-order valence-corrected chi connectivity index (χ1v) is 9.91. The van der Waals surface area contributed by atoms with Crippen LogP contribution < -0.4 is 4.74 Å². The van der Waals surface area contributed by atoms with Crippen molar-refractivity contribution in [2.24, 2.45) is 0 Å². The minimum atomic E-state index is -0.622. The summed E-state index contributed by atoms with van der Waals surface area (Å²) in [5.41, 5.74) is 0.179. The van der Waals surface area contributed by atoms with Crippen molar-refractivity contribution in [3.05, 3.63) is 27.7 Å². The smallest absolute Gasteiger partial charge is 0.410 e. The Morgan fingerprint density at radius 3 is 2.46 bits per heavy atom. The molecule has 0 N–H and O–H groups in total. The Labute approximate surface area is 176 Å². The van der Waals surface area contributed by atoms with Crippen molar-refractivity contribution in [3.63, 3.8) is 0 Å². The topological polar surface area (TPSA) is 65.1 Å². The number of amides is 1. The molecule has 0 spiro atoms. The summed E-state index contributed by atoms with van der Waals surface area (Å²) in [6, 6.07) is 3.09. The molecular formula is C20H27Cl2NO5. The molecule has 1 aromatic rings. The Morgan fingerprint density at radius 2 is 1.89 bits per heavy atom. The summed E-state index contributed by atoms with van der Waals surface area (Å²) >= 11 is 12.7. The van der Waals surface area contributed by atoms with Gasteiger partial charge in [0.25, 0.3) is 0 Å². The molecule has 1 aromatic carbocycles. The van der Waals surface area contributed by atoms with Crippen LogP contribution in [-0.4, -0.2) is 49.4 Å². The molecular weight excluding hydrogens is 405 g/mol. The minimum absolute atomic E-state index is 0.0190. The number of hydrogen-bond acceptors (Lipinski definition) is 5. The third-order valence-corrected chi connectivity index (χ3v) is 5.51. The van der Waals surface area contributed by atoms with Gasteiger partial charge in [0.15, 0.2) is 0 Å². The maximum absolute atomic E-state index is 12.7. The fraction of sp³-hybridized carbons (Fsp3) is 0.600. The number of carbonyl (C=O) groups is 2. The maximum Gasteiger partial charge on any atom is 0.410 e. The van der Waals surface area contributed by atoms with Crippen LogP contribution in [0.3, 0.4) is 0 Å². The lowest BCUT2D eigenvalue weighted by atomic mass is 9.83. The predicted octanol–water partition coefficient (Wildman–Crippen LogP) is 5.05. The molecule has 1 fully saturated rings. The second-order valence-electron chi connectivity index (χ2n) is 7.81. The van der Waals surface area contributed by atoms with E-state index in [0.29, 0.717) is 35.2 Å². The molecule has 0 saturated carbocycles. The van der Waals surface area contributed by atoms with Crippen molar-refractivity contribution in [1.29, 1.82) is 0 Å². The van der Waals surface area contributed by atoms with Gasteiger partial charge in [-0.05, 0) is 51.7 Å². The molecule has 6 nitrogen and oxygen atoms in total. The molecule has 0 bridgehead atoms. The van der Waals surface area contributed by atoms with Gasteiger partial charge in [0.1, 0.15) is 11.4 Å². The molecule has 0 aliphatic carbocycles. The summed E-state index contributed by atoms with van der Waals surface area (Å²) in [5, 5.41) is 0.880. The van der Waals surface area contributed by atoms with Gasteiger partial charge < -0.3 is 19.1 Å². The molecule has 2 atom stereocenters. The Morgan fingerprint density at radius 1 is 1.21 bits per heavy atom. The zero-order valence-electron chi connectivity index (χ0n) is 16.9. The SMILES string of the molecule is COC(=O)CC1CC(c2c(OC)ccc(Cl)c2Cl)CCN1C(=O)OC(C)(C)C. The fourth-order valence-corrected chi connectivity index (χ4v) is 3.93. The highest BCUT2D eigenvalue weighted by Gasteiger charge is 2.37. The molecule has 156 valence electrons. The molecule has 28 heavy (non-hydrogen) atoms. The lowest BCUT2D eigenvalue weighted by molar-refractivity contribution is -0.142. The minimum Gasteiger partial charge on any atom is -0.496 e. The van der Waals surface area contributed by atoms with E-state index in [1.807, 2.05) is 20.8 Å². The van der Waals surface area contributed by atoms with Gasteiger partial charge in [-0.1, -0.05) is 23.2 Å². The number of carbonyl (C=O) groups excluding carboxylic acids is 2. The summed E-state index contributed by atoms with van der Waals surface area (Å²) in [6.07, 6.45) is 0.800. The largest absolute Gasteiger partial charge is 0.496 e. The molecule has 0 aromatic heterocycles. The molecule has 0 radical (unpaired) electrons. The van der Waals surface area contributed by atoms with E-state index in [1.54, 1.807) is 24.1 Å². The molecule has 1 amide bonds. The average Bonchev–Trinajstić information content (AvgIpc) is 2.62. The Hall–Kier alpha value is -1.66. The Bertz CT molecular complexity index is 732. The normalized spacial score (nSPS) is 19.9. The first-order chi connectivity index (χ1) is 13.1. The zero-order valence-corrected chi connectivity index (χ0v) is 18.4. The van der Waals surface area contributed by atoms with Crippen molar-refractivity contribution >= 4 is 35.3 Å². The van der Waals surface area contributed by atoms with Gasteiger partial charge in [0.05, 0.1) is 30.7 Å². The second kappa shape index (κ2) is 9.23. The molecule has 1 heterocycles. The average molecular weight is 432 g/mol. The van der Waals surface area contributed by atoms with Gasteiger partial charge in [-0.25, -0.2) is 4.79 Å². The summed E-state index contributed by atoms with van der Waals surface area (Å²) in [6.45, 7) is 5.85. The molecule has 2 rings (SSSR count). The zero-order chi connectivity index (χ0) is 21.1. The van der Waals surface area contributed by atoms with Gasteiger partial charge >= 0.3 is 12.1 Å². The van der Waals surface area contributed by atoms with Crippen LogP contribution in [0.15, 0.2) is 12.1 Å². The van der Waals surface area contributed by atoms with E-state index in [2.05, 4.69) is 0 Å². The summed E-state index contributed by atoms with van der Waals surface area (Å²) in [5.74, 6) is 0.236. The maximum atomic E-state index is 12.7. The summed E-state index contributed by atoms with van der Waals surface area (Å²) in [4.78, 5) is 26.2. The predicted molar refractivity (Wildman–Crippen MR) is 108 cm³/mol. The van der Waals surface area contributed by atoms with Gasteiger partial charge in [-0.3, -0.25) is 4.79 Å². The molecule has 8 heteroatoms. The third-order valence-electron chi connectivity index (χ3n) is 4.69. The van der Waals surface area contributed by atoms with Crippen molar-refractivity contribution in [2.45, 2.75) is 57.6 Å². The number of benzene rings is 1. The number of esters is 1. The highest BCUT2D eigenvalue weighted by Crippen LogP contribution is 2.44. The van der Waals surface area contributed by atoms with Crippen LogP contribution in [0, 0.1) is 0 Å². The van der Waals surface area contributed by atoms with Gasteiger partial charge in [-0.2, -0.15) is 0 Å². The van der Waals surface area contributed by atoms with Gasteiger partial charge in [-0.15, -0.1) is 0 Å². The standard InChI is InChI=1S/C20H27Cl2NO5/c1-20(2,3)28-19(25)23-9-8-12(10-13(23)11-16(24)27-5)17-15(26-4)7-6-14(21)18(17)22/h6-7,12-13H,8-11H2,1-5H3. The number of rotatable bonds is 4. The van der Waals surface area contributed by atoms with Crippen LogP contribution in [0.4, 0.5) is 4.79 Å². The molecule has 1 aliphatic rings.